The molecule has 0 heterocycles. The Morgan fingerprint density at radius 2 is 1.77 bits per heavy atom. The molecule has 2 aromatic carbocycles. The summed E-state index contributed by atoms with van der Waals surface area (Å²) in [7, 11) is 0. The molecule has 0 aliphatic heterocycles. The first-order valence-electron chi connectivity index (χ1n) is 8.25. The zero-order chi connectivity index (χ0) is 18.6. The van der Waals surface area contributed by atoms with Gasteiger partial charge in [0.25, 0.3) is 0 Å². The van der Waals surface area contributed by atoms with Crippen molar-refractivity contribution in [1.82, 2.24) is 0 Å². The van der Waals surface area contributed by atoms with Crippen molar-refractivity contribution in [3.8, 4) is 28.7 Å². The first kappa shape index (κ1) is 20.1. The van der Waals surface area contributed by atoms with Gasteiger partial charge in [0.2, 0.25) is 6.29 Å². The van der Waals surface area contributed by atoms with Crippen LogP contribution < -0.4 is 4.74 Å². The van der Waals surface area contributed by atoms with Crippen LogP contribution in [0.15, 0.2) is 54.6 Å². The van der Waals surface area contributed by atoms with Crippen molar-refractivity contribution in [2.45, 2.75) is 20.1 Å². The van der Waals surface area contributed by atoms with Gasteiger partial charge in [-0.05, 0) is 25.5 Å². The van der Waals surface area contributed by atoms with Crippen molar-refractivity contribution in [2.75, 3.05) is 19.8 Å². The van der Waals surface area contributed by atoms with Gasteiger partial charge in [0, 0.05) is 12.2 Å². The zero-order valence-corrected chi connectivity index (χ0v) is 15.7. The van der Waals surface area contributed by atoms with Crippen LogP contribution in [0.2, 0.25) is 0 Å². The van der Waals surface area contributed by atoms with E-state index in [1.165, 1.54) is 0 Å². The molecule has 0 aliphatic rings. The van der Waals surface area contributed by atoms with Crippen molar-refractivity contribution >= 4 is 11.4 Å². The summed E-state index contributed by atoms with van der Waals surface area (Å²) in [6.45, 7) is 3.96. The van der Waals surface area contributed by atoms with Crippen molar-refractivity contribution in [3.63, 3.8) is 0 Å². The van der Waals surface area contributed by atoms with E-state index in [0.29, 0.717) is 12.4 Å². The average Bonchev–Trinajstić information content (AvgIpc) is 2.67. The third kappa shape index (κ3) is 6.62. The fourth-order valence-electron chi connectivity index (χ4n) is 2.16. The molecule has 0 N–H and O–H groups in total. The molecule has 5 nitrogen and oxygen atoms in total. The number of rotatable bonds is 10. The van der Waals surface area contributed by atoms with Crippen LogP contribution in [0.1, 0.15) is 13.8 Å². The Morgan fingerprint density at radius 3 is 2.50 bits per heavy atom. The minimum absolute atomic E-state index is 0.0386. The predicted molar refractivity (Wildman–Crippen MR) is 101 cm³/mol. The van der Waals surface area contributed by atoms with E-state index in [-0.39, 0.29) is 13.2 Å². The Balaban J connectivity index is 2.03. The van der Waals surface area contributed by atoms with Crippen molar-refractivity contribution in [3.05, 3.63) is 54.6 Å². The van der Waals surface area contributed by atoms with Crippen LogP contribution >= 0.6 is 0 Å². The zero-order valence-electron chi connectivity index (χ0n) is 14.8. The van der Waals surface area contributed by atoms with Gasteiger partial charge in [-0.15, -0.1) is 5.92 Å². The number of hydrogen-bond donors (Lipinski definition) is 0. The van der Waals surface area contributed by atoms with E-state index in [2.05, 4.69) is 11.8 Å². The molecule has 26 heavy (non-hydrogen) atoms. The van der Waals surface area contributed by atoms with Crippen LogP contribution in [0.4, 0.5) is 0 Å². The van der Waals surface area contributed by atoms with Gasteiger partial charge in [0.15, 0.2) is 0 Å². The van der Waals surface area contributed by atoms with Crippen LogP contribution in [-0.4, -0.2) is 30.3 Å². The predicted octanol–water partition coefficient (Wildman–Crippen LogP) is 3.73. The van der Waals surface area contributed by atoms with Crippen LogP contribution in [-0.2, 0) is 24.5 Å². The van der Waals surface area contributed by atoms with E-state index >= 15 is 0 Å². The van der Waals surface area contributed by atoms with Crippen LogP contribution in [0.3, 0.4) is 0 Å². The van der Waals surface area contributed by atoms with Gasteiger partial charge in [-0.3, -0.25) is 8.37 Å². The number of benzene rings is 2. The highest BCUT2D eigenvalue weighted by molar-refractivity contribution is 7.75. The lowest BCUT2D eigenvalue weighted by Gasteiger charge is -2.20. The van der Waals surface area contributed by atoms with E-state index in [0.717, 1.165) is 11.1 Å². The maximum Gasteiger partial charge on any atom is 0.305 e. The maximum atomic E-state index is 11.7. The monoisotopic (exact) mass is 374 g/mol. The molecule has 0 amide bonds. The Morgan fingerprint density at radius 1 is 1.04 bits per heavy atom. The molecule has 2 atom stereocenters. The highest BCUT2D eigenvalue weighted by Crippen LogP contribution is 2.30. The number of ether oxygens (including phenoxy) is 2. The van der Waals surface area contributed by atoms with E-state index in [9.17, 15) is 4.21 Å². The standard InChI is InChI=1S/C20H22O5S/c1-3-5-15-23-26(21)24-16-20(22-4-2)25-19-14-10-9-13-18(19)17-11-7-6-8-12-17/h6-14,20H,4,15-16H2,1-2H3. The smallest absolute Gasteiger partial charge is 0.305 e. The molecule has 0 aromatic heterocycles. The quantitative estimate of drug-likeness (QED) is 0.468. The normalized spacial score (nSPS) is 12.7. The summed E-state index contributed by atoms with van der Waals surface area (Å²) in [4.78, 5) is 0. The third-order valence-corrected chi connectivity index (χ3v) is 3.93. The molecule has 2 unspecified atom stereocenters. The Labute approximate surface area is 157 Å². The van der Waals surface area contributed by atoms with Crippen molar-refractivity contribution in [1.29, 1.82) is 0 Å². The minimum Gasteiger partial charge on any atom is -0.462 e. The summed E-state index contributed by atoms with van der Waals surface area (Å²) >= 11 is -1.91. The van der Waals surface area contributed by atoms with Gasteiger partial charge in [-0.2, -0.15) is 4.21 Å². The molecule has 2 aromatic rings. The molecule has 2 rings (SSSR count). The molecule has 0 spiro atoms. The molecular formula is C20H22O5S. The van der Waals surface area contributed by atoms with Crippen molar-refractivity contribution in [2.24, 2.45) is 0 Å². The van der Waals surface area contributed by atoms with Crippen LogP contribution in [0.25, 0.3) is 11.1 Å². The molecule has 138 valence electrons. The van der Waals surface area contributed by atoms with Crippen LogP contribution in [0.5, 0.6) is 5.75 Å². The molecule has 6 heteroatoms. The summed E-state index contributed by atoms with van der Waals surface area (Å²) in [6.07, 6.45) is -0.713. The van der Waals surface area contributed by atoms with E-state index in [1.54, 1.807) is 6.92 Å². The van der Waals surface area contributed by atoms with Gasteiger partial charge in [-0.25, -0.2) is 0 Å². The van der Waals surface area contributed by atoms with Gasteiger partial charge in [0.05, 0.1) is 0 Å². The SMILES string of the molecule is CC#CCOS(=O)OCC(OCC)Oc1ccccc1-c1ccccc1. The molecule has 0 saturated heterocycles. The van der Waals surface area contributed by atoms with Gasteiger partial charge < -0.3 is 9.47 Å². The summed E-state index contributed by atoms with van der Waals surface area (Å²) in [5, 5.41) is 0. The number of hydrogen-bond acceptors (Lipinski definition) is 5. The Kier molecular flexibility index (Phi) is 8.87. The highest BCUT2D eigenvalue weighted by atomic mass is 32.2. The highest BCUT2D eigenvalue weighted by Gasteiger charge is 2.16. The van der Waals surface area contributed by atoms with E-state index < -0.39 is 17.7 Å². The van der Waals surface area contributed by atoms with E-state index in [4.69, 9.17) is 17.8 Å². The summed E-state index contributed by atoms with van der Waals surface area (Å²) in [5.74, 6) is 5.95. The van der Waals surface area contributed by atoms with Gasteiger partial charge in [0.1, 0.15) is 19.0 Å². The number of para-hydroxylation sites is 1. The minimum atomic E-state index is -1.91. The second-order valence-corrected chi connectivity index (χ2v) is 5.92. The lowest BCUT2D eigenvalue weighted by molar-refractivity contribution is -0.0964. The van der Waals surface area contributed by atoms with Gasteiger partial charge >= 0.3 is 11.4 Å². The third-order valence-electron chi connectivity index (χ3n) is 3.29. The topological polar surface area (TPSA) is 54.0 Å². The molecule has 0 saturated carbocycles. The Bertz CT molecular complexity index is 752. The molecule has 0 aliphatic carbocycles. The lowest BCUT2D eigenvalue weighted by atomic mass is 10.1. The second-order valence-electron chi connectivity index (χ2n) is 5.04. The Hall–Kier alpha value is -2.17. The molecule has 0 bridgehead atoms. The maximum absolute atomic E-state index is 11.7. The summed E-state index contributed by atoms with van der Waals surface area (Å²) < 4.78 is 33.2. The molecular weight excluding hydrogens is 352 g/mol. The lowest BCUT2D eigenvalue weighted by Crippen LogP contribution is -2.27. The first-order chi connectivity index (χ1) is 12.7. The fraction of sp³-hybridized carbons (Fsp3) is 0.300. The fourth-order valence-corrected chi connectivity index (χ4v) is 2.61. The average molecular weight is 374 g/mol. The summed E-state index contributed by atoms with van der Waals surface area (Å²) in [6, 6.07) is 17.6. The van der Waals surface area contributed by atoms with Crippen LogP contribution in [0, 0.1) is 11.8 Å². The van der Waals surface area contributed by atoms with E-state index in [1.807, 2.05) is 61.5 Å². The van der Waals surface area contributed by atoms with Gasteiger partial charge in [-0.1, -0.05) is 54.5 Å². The first-order valence-corrected chi connectivity index (χ1v) is 9.25. The second kappa shape index (κ2) is 11.4. The summed E-state index contributed by atoms with van der Waals surface area (Å²) in [5.41, 5.74) is 1.97. The van der Waals surface area contributed by atoms with Crippen molar-refractivity contribution < 1.29 is 22.0 Å². The molecule has 0 fully saturated rings. The molecule has 0 radical (unpaired) electrons. The largest absolute Gasteiger partial charge is 0.462 e.